The normalized spacial score (nSPS) is 15.7. The van der Waals surface area contributed by atoms with E-state index in [-0.39, 0.29) is 29.1 Å². The molecule has 2 aromatic carbocycles. The first-order valence-corrected chi connectivity index (χ1v) is 9.93. The second-order valence-corrected chi connectivity index (χ2v) is 7.46. The van der Waals surface area contributed by atoms with E-state index in [1.807, 2.05) is 6.07 Å². The number of halogens is 1. The summed E-state index contributed by atoms with van der Waals surface area (Å²) in [4.78, 5) is 29.2. The number of nitro groups is 1. The Balaban J connectivity index is 1.71. The summed E-state index contributed by atoms with van der Waals surface area (Å²) in [5.74, 6) is 0.0411. The molecule has 0 radical (unpaired) electrons. The van der Waals surface area contributed by atoms with E-state index in [2.05, 4.69) is 10.3 Å². The molecular weight excluding hydrogens is 399 g/mol. The zero-order valence-electron chi connectivity index (χ0n) is 16.9. The van der Waals surface area contributed by atoms with Crippen molar-refractivity contribution in [3.63, 3.8) is 0 Å². The monoisotopic (exact) mass is 420 g/mol. The first-order chi connectivity index (χ1) is 14.9. The van der Waals surface area contributed by atoms with Crippen LogP contribution in [0.2, 0.25) is 0 Å². The Kier molecular flexibility index (Phi) is 5.62. The largest absolute Gasteiger partial charge is 0.363 e. The third-order valence-electron chi connectivity index (χ3n) is 5.41. The molecular formula is C23H21FN4O3. The molecule has 158 valence electrons. The standard InChI is InChI=1S/C23H21FN4O3/c1-15(29)27-12-11-20(19-8-7-18(24)13-17(19)14-27)25-22-10-9-21(28(30)31)23(26-22)16-5-3-2-4-6-16/h2-10,13,20H,11-12,14H2,1H3,(H,25,26). The van der Waals surface area contributed by atoms with Crippen LogP contribution in [-0.4, -0.2) is 27.3 Å². The number of fused-ring (bicyclic) bond motifs is 1. The number of rotatable bonds is 4. The van der Waals surface area contributed by atoms with Gasteiger partial charge >= 0.3 is 0 Å². The van der Waals surface area contributed by atoms with Gasteiger partial charge in [0, 0.05) is 31.6 Å². The maximum Gasteiger partial charge on any atom is 0.295 e. The predicted molar refractivity (Wildman–Crippen MR) is 115 cm³/mol. The minimum Gasteiger partial charge on any atom is -0.363 e. The Morgan fingerprint density at radius 3 is 2.68 bits per heavy atom. The summed E-state index contributed by atoms with van der Waals surface area (Å²) in [5.41, 5.74) is 2.45. The van der Waals surface area contributed by atoms with Crippen molar-refractivity contribution in [1.29, 1.82) is 0 Å². The second kappa shape index (κ2) is 8.51. The molecule has 1 unspecified atom stereocenters. The number of carbonyl (C=O) groups excluding carboxylic acids is 1. The van der Waals surface area contributed by atoms with Crippen LogP contribution in [0.5, 0.6) is 0 Å². The molecule has 1 aliphatic rings. The van der Waals surface area contributed by atoms with E-state index in [1.54, 1.807) is 41.3 Å². The van der Waals surface area contributed by atoms with Gasteiger partial charge in [-0.2, -0.15) is 0 Å². The van der Waals surface area contributed by atoms with E-state index in [9.17, 15) is 19.3 Å². The first-order valence-electron chi connectivity index (χ1n) is 9.93. The van der Waals surface area contributed by atoms with Crippen molar-refractivity contribution in [3.8, 4) is 11.3 Å². The summed E-state index contributed by atoms with van der Waals surface area (Å²) in [6.45, 7) is 2.34. The fourth-order valence-electron chi connectivity index (χ4n) is 3.86. The molecule has 2 heterocycles. The van der Waals surface area contributed by atoms with Crippen molar-refractivity contribution >= 4 is 17.4 Å². The van der Waals surface area contributed by atoms with Crippen LogP contribution < -0.4 is 5.32 Å². The molecule has 31 heavy (non-hydrogen) atoms. The zero-order valence-corrected chi connectivity index (χ0v) is 16.9. The Bertz CT molecular complexity index is 1140. The van der Waals surface area contributed by atoms with Crippen LogP contribution in [0, 0.1) is 15.9 Å². The predicted octanol–water partition coefficient (Wildman–Crippen LogP) is 4.70. The van der Waals surface area contributed by atoms with Crippen molar-refractivity contribution in [2.75, 3.05) is 11.9 Å². The van der Waals surface area contributed by atoms with Crippen LogP contribution in [0.1, 0.15) is 30.5 Å². The maximum atomic E-state index is 13.9. The summed E-state index contributed by atoms with van der Waals surface area (Å²) < 4.78 is 13.9. The van der Waals surface area contributed by atoms with E-state index in [4.69, 9.17) is 0 Å². The van der Waals surface area contributed by atoms with Crippen LogP contribution >= 0.6 is 0 Å². The summed E-state index contributed by atoms with van der Waals surface area (Å²) in [5, 5.41) is 14.8. The molecule has 8 heteroatoms. The average molecular weight is 420 g/mol. The van der Waals surface area contributed by atoms with Crippen molar-refractivity contribution in [2.45, 2.75) is 25.9 Å². The number of aromatic nitrogens is 1. The van der Waals surface area contributed by atoms with Gasteiger partial charge in [-0.15, -0.1) is 0 Å². The zero-order chi connectivity index (χ0) is 22.0. The number of hydrogen-bond acceptors (Lipinski definition) is 5. The van der Waals surface area contributed by atoms with Gasteiger partial charge in [0.05, 0.1) is 11.0 Å². The van der Waals surface area contributed by atoms with Crippen LogP contribution in [0.15, 0.2) is 60.7 Å². The molecule has 4 rings (SSSR count). The van der Waals surface area contributed by atoms with Gasteiger partial charge in [0.1, 0.15) is 11.6 Å². The third-order valence-corrected chi connectivity index (χ3v) is 5.41. The Morgan fingerprint density at radius 2 is 1.97 bits per heavy atom. The first kappa shape index (κ1) is 20.5. The van der Waals surface area contributed by atoms with Gasteiger partial charge in [-0.05, 0) is 35.7 Å². The van der Waals surface area contributed by atoms with Crippen molar-refractivity contribution in [3.05, 3.63) is 87.7 Å². The van der Waals surface area contributed by atoms with Crippen LogP contribution in [0.25, 0.3) is 11.3 Å². The molecule has 0 saturated heterocycles. The van der Waals surface area contributed by atoms with Gasteiger partial charge in [-0.3, -0.25) is 14.9 Å². The lowest BCUT2D eigenvalue weighted by molar-refractivity contribution is -0.384. The van der Waals surface area contributed by atoms with E-state index in [0.29, 0.717) is 30.9 Å². The topological polar surface area (TPSA) is 88.4 Å². The van der Waals surface area contributed by atoms with Crippen LogP contribution in [0.3, 0.4) is 0 Å². The number of benzene rings is 2. The summed E-state index contributed by atoms with van der Waals surface area (Å²) in [6, 6.07) is 16.3. The number of nitrogens with one attached hydrogen (secondary N) is 1. The Labute approximate surface area is 178 Å². The molecule has 0 fully saturated rings. The second-order valence-electron chi connectivity index (χ2n) is 7.46. The maximum absolute atomic E-state index is 13.9. The fourth-order valence-corrected chi connectivity index (χ4v) is 3.86. The molecule has 1 amide bonds. The molecule has 0 spiro atoms. The lowest BCUT2D eigenvalue weighted by Crippen LogP contribution is -2.28. The highest BCUT2D eigenvalue weighted by Crippen LogP contribution is 2.33. The molecule has 0 saturated carbocycles. The van der Waals surface area contributed by atoms with Crippen molar-refractivity contribution < 1.29 is 14.1 Å². The Morgan fingerprint density at radius 1 is 1.19 bits per heavy atom. The Hall–Kier alpha value is -3.81. The van der Waals surface area contributed by atoms with Gasteiger partial charge < -0.3 is 10.2 Å². The number of pyridine rings is 1. The van der Waals surface area contributed by atoms with Gasteiger partial charge in [-0.1, -0.05) is 36.4 Å². The molecule has 1 N–H and O–H groups in total. The molecule has 3 aromatic rings. The summed E-state index contributed by atoms with van der Waals surface area (Å²) in [6.07, 6.45) is 0.595. The van der Waals surface area contributed by atoms with Crippen molar-refractivity contribution in [1.82, 2.24) is 9.88 Å². The molecule has 1 aromatic heterocycles. The van der Waals surface area contributed by atoms with Gasteiger partial charge in [0.15, 0.2) is 5.69 Å². The van der Waals surface area contributed by atoms with Gasteiger partial charge in [0.25, 0.3) is 5.69 Å². The minimum absolute atomic E-state index is 0.0734. The number of nitrogens with zero attached hydrogens (tertiary/aromatic N) is 3. The SMILES string of the molecule is CC(=O)N1CCC(Nc2ccc([N+](=O)[O-])c(-c3ccccc3)n2)c2ccc(F)cc2C1. The summed E-state index contributed by atoms with van der Waals surface area (Å²) in [7, 11) is 0. The fraction of sp³-hybridized carbons (Fsp3) is 0.217. The van der Waals surface area contributed by atoms with Crippen LogP contribution in [0.4, 0.5) is 15.9 Å². The minimum atomic E-state index is -0.451. The molecule has 1 atom stereocenters. The summed E-state index contributed by atoms with van der Waals surface area (Å²) >= 11 is 0. The molecule has 7 nitrogen and oxygen atoms in total. The number of amides is 1. The quantitative estimate of drug-likeness (QED) is 0.488. The van der Waals surface area contributed by atoms with Gasteiger partial charge in [0.2, 0.25) is 5.91 Å². The number of carbonyl (C=O) groups is 1. The molecule has 1 aliphatic heterocycles. The average Bonchev–Trinajstić information content (AvgIpc) is 2.93. The van der Waals surface area contributed by atoms with E-state index < -0.39 is 4.92 Å². The van der Waals surface area contributed by atoms with Crippen LogP contribution in [-0.2, 0) is 11.3 Å². The highest BCUT2D eigenvalue weighted by atomic mass is 19.1. The molecule has 0 aliphatic carbocycles. The van der Waals surface area contributed by atoms with E-state index in [0.717, 1.165) is 11.1 Å². The number of anilines is 1. The lowest BCUT2D eigenvalue weighted by atomic mass is 9.99. The van der Waals surface area contributed by atoms with E-state index in [1.165, 1.54) is 25.1 Å². The number of hydrogen-bond donors (Lipinski definition) is 1. The lowest BCUT2D eigenvalue weighted by Gasteiger charge is -2.20. The highest BCUT2D eigenvalue weighted by molar-refractivity contribution is 5.73. The molecule has 0 bridgehead atoms. The van der Waals surface area contributed by atoms with Crippen molar-refractivity contribution in [2.24, 2.45) is 0 Å². The van der Waals surface area contributed by atoms with Gasteiger partial charge in [-0.25, -0.2) is 9.37 Å². The third kappa shape index (κ3) is 4.37. The highest BCUT2D eigenvalue weighted by Gasteiger charge is 2.25. The van der Waals surface area contributed by atoms with E-state index >= 15 is 0 Å². The smallest absolute Gasteiger partial charge is 0.295 e.